The molecule has 1 aliphatic rings. The normalized spacial score (nSPS) is 15.8. The van der Waals surface area contributed by atoms with E-state index in [0.29, 0.717) is 15.7 Å². The van der Waals surface area contributed by atoms with Gasteiger partial charge in [-0.3, -0.25) is 19.8 Å². The van der Waals surface area contributed by atoms with Crippen LogP contribution in [0.5, 0.6) is 11.5 Å². The predicted molar refractivity (Wildman–Crippen MR) is 114 cm³/mol. The van der Waals surface area contributed by atoms with Crippen molar-refractivity contribution in [3.05, 3.63) is 57.6 Å². The summed E-state index contributed by atoms with van der Waals surface area (Å²) in [5.74, 6) is -0.962. The van der Waals surface area contributed by atoms with E-state index < -0.39 is 11.8 Å². The fourth-order valence-electron chi connectivity index (χ4n) is 2.77. The molecule has 2 N–H and O–H groups in total. The number of phenols is 1. The van der Waals surface area contributed by atoms with Gasteiger partial charge in [0, 0.05) is 0 Å². The molecule has 0 aliphatic carbocycles. The molecule has 0 aromatic heterocycles. The number of thiocarbonyl (C=S) groups is 1. The zero-order valence-corrected chi connectivity index (χ0v) is 17.6. The van der Waals surface area contributed by atoms with Crippen molar-refractivity contribution in [3.8, 4) is 11.5 Å². The predicted octanol–water partition coefficient (Wildman–Crippen LogP) is 3.56. The van der Waals surface area contributed by atoms with E-state index in [1.165, 1.54) is 24.2 Å². The number of benzene rings is 2. The summed E-state index contributed by atoms with van der Waals surface area (Å²) in [6.07, 6.45) is 2.30. The van der Waals surface area contributed by atoms with E-state index >= 15 is 0 Å². The van der Waals surface area contributed by atoms with Gasteiger partial charge in [0.2, 0.25) is 0 Å². The molecular formula is C20H17BrN2O4S. The van der Waals surface area contributed by atoms with E-state index in [2.05, 4.69) is 21.2 Å². The van der Waals surface area contributed by atoms with Crippen LogP contribution < -0.4 is 15.0 Å². The van der Waals surface area contributed by atoms with Crippen LogP contribution in [0.3, 0.4) is 0 Å². The Morgan fingerprint density at radius 2 is 1.93 bits per heavy atom. The number of aryl methyl sites for hydroxylation is 1. The van der Waals surface area contributed by atoms with Gasteiger partial charge in [0.1, 0.15) is 5.57 Å². The van der Waals surface area contributed by atoms with Crippen LogP contribution >= 0.6 is 28.1 Å². The summed E-state index contributed by atoms with van der Waals surface area (Å²) < 4.78 is 5.49. The zero-order valence-electron chi connectivity index (χ0n) is 15.2. The first-order valence-corrected chi connectivity index (χ1v) is 9.62. The molecule has 6 nitrogen and oxygen atoms in total. The fraction of sp³-hybridized carbons (Fsp3) is 0.150. The Bertz CT molecular complexity index is 1000. The van der Waals surface area contributed by atoms with Gasteiger partial charge in [-0.25, -0.2) is 0 Å². The van der Waals surface area contributed by atoms with Gasteiger partial charge in [-0.2, -0.15) is 0 Å². The van der Waals surface area contributed by atoms with Crippen molar-refractivity contribution >= 4 is 56.8 Å². The largest absolute Gasteiger partial charge is 0.503 e. The molecule has 2 aromatic carbocycles. The van der Waals surface area contributed by atoms with Crippen LogP contribution in [0.2, 0.25) is 0 Å². The molecular weight excluding hydrogens is 444 g/mol. The molecule has 1 fully saturated rings. The smallest absolute Gasteiger partial charge is 0.270 e. The lowest BCUT2D eigenvalue weighted by atomic mass is 10.1. The Morgan fingerprint density at radius 1 is 1.25 bits per heavy atom. The molecule has 28 heavy (non-hydrogen) atoms. The molecule has 0 radical (unpaired) electrons. The lowest BCUT2D eigenvalue weighted by molar-refractivity contribution is -0.122. The first-order valence-electron chi connectivity index (χ1n) is 8.42. The van der Waals surface area contributed by atoms with E-state index in [1.807, 2.05) is 19.1 Å². The maximum atomic E-state index is 13.0. The van der Waals surface area contributed by atoms with Crippen molar-refractivity contribution in [1.29, 1.82) is 0 Å². The van der Waals surface area contributed by atoms with Gasteiger partial charge in [0.25, 0.3) is 11.8 Å². The first kappa shape index (κ1) is 20.0. The lowest BCUT2D eigenvalue weighted by Crippen LogP contribution is -2.54. The number of methoxy groups -OCH3 is 1. The van der Waals surface area contributed by atoms with Gasteiger partial charge in [-0.1, -0.05) is 19.1 Å². The van der Waals surface area contributed by atoms with Crippen LogP contribution in [0.4, 0.5) is 5.69 Å². The van der Waals surface area contributed by atoms with Gasteiger partial charge < -0.3 is 9.84 Å². The second kappa shape index (κ2) is 8.12. The highest BCUT2D eigenvalue weighted by atomic mass is 79.9. The highest BCUT2D eigenvalue weighted by molar-refractivity contribution is 9.10. The third-order valence-corrected chi connectivity index (χ3v) is 5.18. The molecule has 0 unspecified atom stereocenters. The van der Waals surface area contributed by atoms with Gasteiger partial charge >= 0.3 is 0 Å². The Balaban J connectivity index is 2.02. The molecule has 0 bridgehead atoms. The van der Waals surface area contributed by atoms with E-state index in [9.17, 15) is 14.7 Å². The molecule has 2 amide bonds. The fourth-order valence-corrected chi connectivity index (χ4v) is 3.51. The quantitative estimate of drug-likeness (QED) is 0.414. The van der Waals surface area contributed by atoms with Crippen LogP contribution in [-0.4, -0.2) is 29.1 Å². The summed E-state index contributed by atoms with van der Waals surface area (Å²) in [5.41, 5.74) is 2.13. The topological polar surface area (TPSA) is 78.9 Å². The molecule has 8 heteroatoms. The Labute approximate surface area is 175 Å². The summed E-state index contributed by atoms with van der Waals surface area (Å²) in [4.78, 5) is 26.7. The maximum absolute atomic E-state index is 13.0. The third-order valence-electron chi connectivity index (χ3n) is 4.29. The van der Waals surface area contributed by atoms with Crippen molar-refractivity contribution in [3.63, 3.8) is 0 Å². The number of rotatable bonds is 4. The number of phenolic OH excluding ortho intramolecular Hbond substituents is 1. The monoisotopic (exact) mass is 460 g/mol. The number of hydrogen-bond donors (Lipinski definition) is 2. The average molecular weight is 461 g/mol. The molecule has 1 saturated heterocycles. The van der Waals surface area contributed by atoms with Crippen LogP contribution in [0.25, 0.3) is 6.08 Å². The van der Waals surface area contributed by atoms with Crippen LogP contribution in [0.15, 0.2) is 46.4 Å². The van der Waals surface area contributed by atoms with Gasteiger partial charge in [-0.15, -0.1) is 0 Å². The highest BCUT2D eigenvalue weighted by Gasteiger charge is 2.34. The van der Waals surface area contributed by atoms with Crippen LogP contribution in [0.1, 0.15) is 18.1 Å². The number of halogens is 1. The van der Waals surface area contributed by atoms with Gasteiger partial charge in [-0.05, 0) is 76.0 Å². The number of nitrogens with one attached hydrogen (secondary N) is 1. The number of carbonyl (C=O) groups is 2. The number of anilines is 1. The molecule has 0 saturated carbocycles. The Kier molecular flexibility index (Phi) is 5.81. The summed E-state index contributed by atoms with van der Waals surface area (Å²) in [5, 5.41) is 12.5. The molecule has 1 heterocycles. The minimum Gasteiger partial charge on any atom is -0.503 e. The minimum atomic E-state index is -0.584. The first-order chi connectivity index (χ1) is 13.3. The third kappa shape index (κ3) is 3.79. The Hall–Kier alpha value is -2.71. The number of ether oxygens (including phenoxy) is 1. The summed E-state index contributed by atoms with van der Waals surface area (Å²) in [7, 11) is 1.41. The summed E-state index contributed by atoms with van der Waals surface area (Å²) in [6.45, 7) is 2.04. The van der Waals surface area contributed by atoms with E-state index in [1.54, 1.807) is 18.2 Å². The zero-order chi connectivity index (χ0) is 20.4. The van der Waals surface area contributed by atoms with E-state index in [4.69, 9.17) is 17.0 Å². The number of amides is 2. The lowest BCUT2D eigenvalue weighted by Gasteiger charge is -2.29. The second-order valence-electron chi connectivity index (χ2n) is 6.03. The molecule has 3 rings (SSSR count). The second-order valence-corrected chi connectivity index (χ2v) is 7.27. The van der Waals surface area contributed by atoms with E-state index in [-0.39, 0.29) is 22.2 Å². The minimum absolute atomic E-state index is 0.0286. The van der Waals surface area contributed by atoms with Crippen molar-refractivity contribution in [2.45, 2.75) is 13.3 Å². The van der Waals surface area contributed by atoms with Crippen molar-refractivity contribution in [1.82, 2.24) is 5.32 Å². The van der Waals surface area contributed by atoms with E-state index in [0.717, 1.165) is 12.0 Å². The summed E-state index contributed by atoms with van der Waals surface area (Å²) in [6, 6.07) is 10.5. The number of carbonyl (C=O) groups excluding carboxylic acids is 2. The SMILES string of the molecule is CCc1ccc(N2C(=O)C(=Cc3cc(Br)c(O)c(OC)c3)C(=O)NC2=S)cc1. The number of aromatic hydroxyl groups is 1. The number of hydrogen-bond acceptors (Lipinski definition) is 5. The van der Waals surface area contributed by atoms with Crippen molar-refractivity contribution < 1.29 is 19.4 Å². The molecule has 0 atom stereocenters. The average Bonchev–Trinajstić information content (AvgIpc) is 2.68. The Morgan fingerprint density at radius 3 is 2.54 bits per heavy atom. The van der Waals surface area contributed by atoms with Crippen LogP contribution in [-0.2, 0) is 16.0 Å². The van der Waals surface area contributed by atoms with Crippen molar-refractivity contribution in [2.24, 2.45) is 0 Å². The highest BCUT2D eigenvalue weighted by Crippen LogP contribution is 2.36. The standard InChI is InChI=1S/C20H17BrN2O4S/c1-3-11-4-6-13(7-5-11)23-19(26)14(18(25)22-20(23)28)8-12-9-15(21)17(24)16(10-12)27-2/h4-10,24H,3H2,1-2H3,(H,22,25,28). The molecule has 0 spiro atoms. The van der Waals surface area contributed by atoms with Gasteiger partial charge in [0.15, 0.2) is 16.6 Å². The number of nitrogens with zero attached hydrogens (tertiary/aromatic N) is 1. The maximum Gasteiger partial charge on any atom is 0.270 e. The van der Waals surface area contributed by atoms with Crippen molar-refractivity contribution in [2.75, 3.05) is 12.0 Å². The molecule has 1 aliphatic heterocycles. The van der Waals surface area contributed by atoms with Gasteiger partial charge in [0.05, 0.1) is 17.3 Å². The summed E-state index contributed by atoms with van der Waals surface area (Å²) >= 11 is 8.43. The van der Waals surface area contributed by atoms with Crippen LogP contribution in [0, 0.1) is 0 Å². The molecule has 144 valence electrons. The molecule has 2 aromatic rings.